The molecule has 0 aliphatic carbocycles. The average molecular weight is 289 g/mol. The fraction of sp³-hybridized carbons (Fsp3) is 0.467. The largest absolute Gasteiger partial charge is 0.365 e. The minimum atomic E-state index is -0.729. The van der Waals surface area contributed by atoms with Crippen LogP contribution >= 0.6 is 0 Å². The smallest absolute Gasteiger partial charge is 0.321 e. The summed E-state index contributed by atoms with van der Waals surface area (Å²) in [4.78, 5) is 25.5. The van der Waals surface area contributed by atoms with Crippen molar-refractivity contribution in [2.45, 2.75) is 25.4 Å². The lowest BCUT2D eigenvalue weighted by molar-refractivity contribution is -0.133. The number of amides is 3. The number of benzene rings is 1. The third kappa shape index (κ3) is 2.71. The van der Waals surface area contributed by atoms with E-state index in [2.05, 4.69) is 10.6 Å². The van der Waals surface area contributed by atoms with Gasteiger partial charge >= 0.3 is 6.03 Å². The Labute approximate surface area is 123 Å². The van der Waals surface area contributed by atoms with Gasteiger partial charge in [0.1, 0.15) is 5.60 Å². The Balaban J connectivity index is 1.67. The first-order chi connectivity index (χ1) is 10.1. The van der Waals surface area contributed by atoms with Crippen LogP contribution in [0.5, 0.6) is 0 Å². The number of carbonyl (C=O) groups excluding carboxylic acids is 2. The summed E-state index contributed by atoms with van der Waals surface area (Å²) in [7, 11) is 0. The van der Waals surface area contributed by atoms with Gasteiger partial charge in [0, 0.05) is 31.1 Å². The van der Waals surface area contributed by atoms with Gasteiger partial charge < -0.3 is 15.4 Å². The zero-order valence-corrected chi connectivity index (χ0v) is 12.0. The molecule has 21 heavy (non-hydrogen) atoms. The summed E-state index contributed by atoms with van der Waals surface area (Å²) >= 11 is 0. The lowest BCUT2D eigenvalue weighted by atomic mass is 10.0. The van der Waals surface area contributed by atoms with Crippen LogP contribution < -0.4 is 15.5 Å². The first kappa shape index (κ1) is 13.9. The van der Waals surface area contributed by atoms with Crippen molar-refractivity contribution in [3.8, 4) is 0 Å². The van der Waals surface area contributed by atoms with Crippen molar-refractivity contribution in [2.24, 2.45) is 0 Å². The van der Waals surface area contributed by atoms with Crippen molar-refractivity contribution < 1.29 is 14.3 Å². The molecule has 2 aliphatic rings. The van der Waals surface area contributed by atoms with E-state index >= 15 is 0 Å². The maximum Gasteiger partial charge on any atom is 0.321 e. The molecule has 2 saturated heterocycles. The van der Waals surface area contributed by atoms with E-state index in [1.54, 1.807) is 17.0 Å². The molecule has 2 aliphatic heterocycles. The van der Waals surface area contributed by atoms with Crippen LogP contribution in [0.15, 0.2) is 24.3 Å². The molecule has 1 atom stereocenters. The van der Waals surface area contributed by atoms with E-state index in [4.69, 9.17) is 4.74 Å². The van der Waals surface area contributed by atoms with Gasteiger partial charge in [0.15, 0.2) is 0 Å². The SMILES string of the molecule is CC1(C(=O)Nc2ccc(N3CCNC3=O)cc2)CCCO1. The summed E-state index contributed by atoms with van der Waals surface area (Å²) in [6, 6.07) is 7.18. The maximum atomic E-state index is 12.2. The van der Waals surface area contributed by atoms with Crippen molar-refractivity contribution in [2.75, 3.05) is 29.9 Å². The van der Waals surface area contributed by atoms with E-state index in [0.717, 1.165) is 18.5 Å². The number of urea groups is 1. The molecule has 0 bridgehead atoms. The first-order valence-corrected chi connectivity index (χ1v) is 7.19. The number of rotatable bonds is 3. The van der Waals surface area contributed by atoms with Gasteiger partial charge in [0.25, 0.3) is 5.91 Å². The number of carbonyl (C=O) groups is 2. The second kappa shape index (κ2) is 5.37. The monoisotopic (exact) mass is 289 g/mol. The fourth-order valence-corrected chi connectivity index (χ4v) is 2.66. The number of hydrogen-bond donors (Lipinski definition) is 2. The molecule has 2 heterocycles. The van der Waals surface area contributed by atoms with Crippen LogP contribution in [0.3, 0.4) is 0 Å². The molecule has 2 fully saturated rings. The maximum absolute atomic E-state index is 12.2. The third-order valence-electron chi connectivity index (χ3n) is 3.99. The molecule has 0 saturated carbocycles. The van der Waals surface area contributed by atoms with Crippen molar-refractivity contribution in [3.63, 3.8) is 0 Å². The molecule has 6 heteroatoms. The van der Waals surface area contributed by atoms with E-state index in [0.29, 0.717) is 25.4 Å². The van der Waals surface area contributed by atoms with Gasteiger partial charge in [0.2, 0.25) is 0 Å². The van der Waals surface area contributed by atoms with Gasteiger partial charge in [-0.3, -0.25) is 9.69 Å². The molecule has 0 spiro atoms. The summed E-state index contributed by atoms with van der Waals surface area (Å²) in [6.07, 6.45) is 1.65. The highest BCUT2D eigenvalue weighted by Crippen LogP contribution is 2.27. The molecular formula is C15H19N3O3. The molecule has 1 aromatic carbocycles. The predicted octanol–water partition coefficient (Wildman–Crippen LogP) is 1.72. The number of anilines is 2. The Morgan fingerprint density at radius 1 is 1.38 bits per heavy atom. The molecule has 1 unspecified atom stereocenters. The number of nitrogens with one attached hydrogen (secondary N) is 2. The molecule has 3 amide bonds. The Morgan fingerprint density at radius 3 is 2.71 bits per heavy atom. The van der Waals surface area contributed by atoms with E-state index in [-0.39, 0.29) is 11.9 Å². The van der Waals surface area contributed by atoms with Crippen molar-refractivity contribution in [3.05, 3.63) is 24.3 Å². The first-order valence-electron chi connectivity index (χ1n) is 7.19. The standard InChI is InChI=1S/C15H19N3O3/c1-15(7-2-10-21-15)13(19)17-11-3-5-12(6-4-11)18-9-8-16-14(18)20/h3-6H,2,7-10H2,1H3,(H,16,20)(H,17,19). The summed E-state index contributed by atoms with van der Waals surface area (Å²) in [5.74, 6) is -0.119. The van der Waals surface area contributed by atoms with E-state index < -0.39 is 5.60 Å². The average Bonchev–Trinajstić information content (AvgIpc) is 3.09. The lowest BCUT2D eigenvalue weighted by Gasteiger charge is -2.22. The zero-order chi connectivity index (χ0) is 14.9. The topological polar surface area (TPSA) is 70.7 Å². The van der Waals surface area contributed by atoms with Gasteiger partial charge in [-0.05, 0) is 44.0 Å². The Morgan fingerprint density at radius 2 is 2.14 bits per heavy atom. The summed E-state index contributed by atoms with van der Waals surface area (Å²) in [5.41, 5.74) is 0.805. The normalized spacial score (nSPS) is 25.0. The number of hydrogen-bond acceptors (Lipinski definition) is 3. The van der Waals surface area contributed by atoms with Crippen LogP contribution in [0, 0.1) is 0 Å². The van der Waals surface area contributed by atoms with Crippen molar-refractivity contribution >= 4 is 23.3 Å². The fourth-order valence-electron chi connectivity index (χ4n) is 2.66. The van der Waals surface area contributed by atoms with Crippen LogP contribution in [0.4, 0.5) is 16.2 Å². The zero-order valence-electron chi connectivity index (χ0n) is 12.0. The number of ether oxygens (including phenoxy) is 1. The minimum Gasteiger partial charge on any atom is -0.365 e. The molecule has 0 radical (unpaired) electrons. The van der Waals surface area contributed by atoms with Crippen LogP contribution in [0.25, 0.3) is 0 Å². The van der Waals surface area contributed by atoms with Gasteiger partial charge in [-0.15, -0.1) is 0 Å². The van der Waals surface area contributed by atoms with Gasteiger partial charge in [-0.2, -0.15) is 0 Å². The molecule has 6 nitrogen and oxygen atoms in total. The minimum absolute atomic E-state index is 0.0846. The van der Waals surface area contributed by atoms with Gasteiger partial charge in [0.05, 0.1) is 0 Å². The number of nitrogens with zero attached hydrogens (tertiary/aromatic N) is 1. The van der Waals surface area contributed by atoms with E-state index in [1.807, 2.05) is 19.1 Å². The van der Waals surface area contributed by atoms with E-state index in [1.165, 1.54) is 0 Å². The summed E-state index contributed by atoms with van der Waals surface area (Å²) in [5, 5.41) is 5.63. The van der Waals surface area contributed by atoms with Crippen molar-refractivity contribution in [1.29, 1.82) is 0 Å². The van der Waals surface area contributed by atoms with E-state index in [9.17, 15) is 9.59 Å². The van der Waals surface area contributed by atoms with Crippen molar-refractivity contribution in [1.82, 2.24) is 5.32 Å². The predicted molar refractivity (Wildman–Crippen MR) is 79.4 cm³/mol. The highest BCUT2D eigenvalue weighted by atomic mass is 16.5. The Kier molecular flexibility index (Phi) is 3.55. The molecule has 2 N–H and O–H groups in total. The quantitative estimate of drug-likeness (QED) is 0.890. The van der Waals surface area contributed by atoms with Crippen LogP contribution in [-0.4, -0.2) is 37.2 Å². The van der Waals surface area contributed by atoms with Gasteiger partial charge in [-0.25, -0.2) is 4.79 Å². The highest BCUT2D eigenvalue weighted by molar-refractivity contribution is 5.98. The second-order valence-electron chi connectivity index (χ2n) is 5.57. The lowest BCUT2D eigenvalue weighted by Crippen LogP contribution is -2.39. The molecule has 112 valence electrons. The molecule has 0 aromatic heterocycles. The third-order valence-corrected chi connectivity index (χ3v) is 3.99. The Hall–Kier alpha value is -2.08. The van der Waals surface area contributed by atoms with Gasteiger partial charge in [-0.1, -0.05) is 0 Å². The van der Waals surface area contributed by atoms with Crippen LogP contribution in [0.1, 0.15) is 19.8 Å². The second-order valence-corrected chi connectivity index (χ2v) is 5.57. The molecular weight excluding hydrogens is 270 g/mol. The summed E-state index contributed by atoms with van der Waals surface area (Å²) in [6.45, 7) is 3.77. The summed E-state index contributed by atoms with van der Waals surface area (Å²) < 4.78 is 5.52. The van der Waals surface area contributed by atoms with Crippen LogP contribution in [0.2, 0.25) is 0 Å². The molecule has 1 aromatic rings. The van der Waals surface area contributed by atoms with Crippen LogP contribution in [-0.2, 0) is 9.53 Å². The Bertz CT molecular complexity index is 550. The molecule has 3 rings (SSSR count). The highest BCUT2D eigenvalue weighted by Gasteiger charge is 2.37.